The van der Waals surface area contributed by atoms with Crippen LogP contribution in [0.5, 0.6) is 5.75 Å². The molecule has 4 N–H and O–H groups in total. The molecule has 0 unspecified atom stereocenters. The van der Waals surface area contributed by atoms with Gasteiger partial charge in [0.25, 0.3) is 5.91 Å². The van der Waals surface area contributed by atoms with Gasteiger partial charge in [-0.1, -0.05) is 35.9 Å². The zero-order valence-corrected chi connectivity index (χ0v) is 18.7. The second kappa shape index (κ2) is 9.35. The van der Waals surface area contributed by atoms with E-state index in [1.807, 2.05) is 24.3 Å². The van der Waals surface area contributed by atoms with Crippen LogP contribution in [0.2, 0.25) is 0 Å². The summed E-state index contributed by atoms with van der Waals surface area (Å²) >= 11 is 0. The third kappa shape index (κ3) is 4.22. The van der Waals surface area contributed by atoms with Crippen molar-refractivity contribution in [2.75, 3.05) is 12.3 Å². The number of allylic oxidation sites excluding steroid dienone is 1. The smallest absolute Gasteiger partial charge is 0.257 e. The minimum atomic E-state index is -0.306. The number of para-hydroxylation sites is 3. The average Bonchev–Trinajstić information content (AvgIpc) is 3.12. The van der Waals surface area contributed by atoms with Crippen LogP contribution in [0.1, 0.15) is 48.0 Å². The molecule has 0 spiro atoms. The lowest BCUT2D eigenvalue weighted by atomic mass is 9.97. The zero-order valence-electron chi connectivity index (χ0n) is 18.7. The molecule has 2 aromatic heterocycles. The largest absolute Gasteiger partial charge is 0.507 e. The van der Waals surface area contributed by atoms with Crippen LogP contribution in [0.4, 0.5) is 5.82 Å². The van der Waals surface area contributed by atoms with Gasteiger partial charge in [-0.05, 0) is 56.4 Å². The lowest BCUT2D eigenvalue weighted by Crippen LogP contribution is -2.25. The highest BCUT2D eigenvalue weighted by Crippen LogP contribution is 2.28. The molecular formula is C26H26N6O2. The maximum Gasteiger partial charge on any atom is 0.257 e. The third-order valence-electron chi connectivity index (χ3n) is 6.07. The van der Waals surface area contributed by atoms with Crippen LogP contribution in [-0.2, 0) is 0 Å². The number of anilines is 1. The number of phenols is 1. The number of phenolic OH excluding ortho intramolecular Hbond substituents is 1. The Morgan fingerprint density at radius 1 is 1.12 bits per heavy atom. The molecule has 0 atom stereocenters. The number of hydrogen-bond donors (Lipinski definition) is 3. The maximum atomic E-state index is 13.2. The Labute approximate surface area is 196 Å². The molecule has 34 heavy (non-hydrogen) atoms. The van der Waals surface area contributed by atoms with Crippen molar-refractivity contribution in [3.8, 4) is 5.75 Å². The molecule has 4 aromatic rings. The highest BCUT2D eigenvalue weighted by atomic mass is 16.3. The molecule has 2 heterocycles. The first-order valence-electron chi connectivity index (χ1n) is 11.5. The van der Waals surface area contributed by atoms with E-state index < -0.39 is 0 Å². The molecule has 0 saturated carbocycles. The summed E-state index contributed by atoms with van der Waals surface area (Å²) in [6.07, 6.45) is 9.24. The fraction of sp³-hybridized carbons (Fsp3) is 0.231. The molecule has 1 amide bonds. The quantitative estimate of drug-likeness (QED) is 0.295. The highest BCUT2D eigenvalue weighted by molar-refractivity contribution is 6.10. The summed E-state index contributed by atoms with van der Waals surface area (Å²) in [5.74, 6) is -0.0702. The van der Waals surface area contributed by atoms with Gasteiger partial charge in [0.15, 0.2) is 5.65 Å². The van der Waals surface area contributed by atoms with Gasteiger partial charge in [-0.2, -0.15) is 9.78 Å². The Balaban J connectivity index is 1.53. The predicted octanol–water partition coefficient (Wildman–Crippen LogP) is 4.37. The van der Waals surface area contributed by atoms with Gasteiger partial charge < -0.3 is 16.2 Å². The van der Waals surface area contributed by atoms with Gasteiger partial charge in [0.1, 0.15) is 22.6 Å². The molecule has 0 saturated heterocycles. The lowest BCUT2D eigenvalue weighted by molar-refractivity contribution is 0.0956. The summed E-state index contributed by atoms with van der Waals surface area (Å²) in [4.78, 5) is 22.6. The standard InChI is InChI=1S/C26H26N6O2/c27-24-22(26(34)28-15-14-17-8-2-1-3-9-17)23-25(31-20-12-6-5-11-19(20)30-23)32(24)29-16-18-10-4-7-13-21(18)33/h4-8,10-13,16,33H,1-3,9,14-15,27H2,(H,28,34)/b29-16+. The number of nitrogens with two attached hydrogens (primary N) is 1. The zero-order chi connectivity index (χ0) is 23.5. The summed E-state index contributed by atoms with van der Waals surface area (Å²) in [7, 11) is 0. The number of nitrogens with zero attached hydrogens (tertiary/aromatic N) is 4. The van der Waals surface area contributed by atoms with Gasteiger partial charge >= 0.3 is 0 Å². The van der Waals surface area contributed by atoms with Gasteiger partial charge in [-0.15, -0.1) is 0 Å². The number of nitrogen functional groups attached to an aromatic ring is 1. The van der Waals surface area contributed by atoms with E-state index in [0.29, 0.717) is 34.3 Å². The highest BCUT2D eigenvalue weighted by Gasteiger charge is 2.24. The lowest BCUT2D eigenvalue weighted by Gasteiger charge is -2.12. The van der Waals surface area contributed by atoms with Crippen molar-refractivity contribution in [1.82, 2.24) is 20.0 Å². The summed E-state index contributed by atoms with van der Waals surface area (Å²) in [5, 5.41) is 17.5. The maximum absolute atomic E-state index is 13.2. The fourth-order valence-corrected chi connectivity index (χ4v) is 4.26. The van der Waals surface area contributed by atoms with Gasteiger partial charge in [-0.25, -0.2) is 9.97 Å². The number of benzene rings is 2. The van der Waals surface area contributed by atoms with Gasteiger partial charge in [0.2, 0.25) is 0 Å². The van der Waals surface area contributed by atoms with E-state index in [9.17, 15) is 9.90 Å². The first-order chi connectivity index (χ1) is 16.6. The summed E-state index contributed by atoms with van der Waals surface area (Å²) in [6.45, 7) is 0.527. The molecule has 8 nitrogen and oxygen atoms in total. The Kier molecular flexibility index (Phi) is 5.95. The van der Waals surface area contributed by atoms with Crippen molar-refractivity contribution in [1.29, 1.82) is 0 Å². The number of nitrogens with one attached hydrogen (secondary N) is 1. The molecule has 1 aliphatic carbocycles. The van der Waals surface area contributed by atoms with Gasteiger partial charge in [0, 0.05) is 12.1 Å². The third-order valence-corrected chi connectivity index (χ3v) is 6.07. The Morgan fingerprint density at radius 2 is 1.88 bits per heavy atom. The number of amides is 1. The summed E-state index contributed by atoms with van der Waals surface area (Å²) < 4.78 is 1.40. The predicted molar refractivity (Wildman–Crippen MR) is 134 cm³/mol. The number of aromatic hydroxyl groups is 1. The second-order valence-corrected chi connectivity index (χ2v) is 8.37. The first-order valence-corrected chi connectivity index (χ1v) is 11.5. The van der Waals surface area contributed by atoms with Crippen molar-refractivity contribution in [3.63, 3.8) is 0 Å². The van der Waals surface area contributed by atoms with E-state index >= 15 is 0 Å². The first kappa shape index (κ1) is 21.6. The monoisotopic (exact) mass is 454 g/mol. The molecule has 0 bridgehead atoms. The Morgan fingerprint density at radius 3 is 2.65 bits per heavy atom. The normalized spacial score (nSPS) is 14.1. The number of rotatable bonds is 6. The topological polar surface area (TPSA) is 118 Å². The van der Waals surface area contributed by atoms with Crippen LogP contribution >= 0.6 is 0 Å². The van der Waals surface area contributed by atoms with Crippen LogP contribution in [0.15, 0.2) is 65.3 Å². The minimum absolute atomic E-state index is 0.0906. The van der Waals surface area contributed by atoms with Crippen LogP contribution in [0, 0.1) is 0 Å². The number of fused-ring (bicyclic) bond motifs is 2. The van der Waals surface area contributed by atoms with Gasteiger partial charge in [0.05, 0.1) is 17.2 Å². The number of hydrogen-bond acceptors (Lipinski definition) is 6. The molecule has 172 valence electrons. The SMILES string of the molecule is Nc1c(C(=O)NCCC2=CCCCC2)c2nc3ccccc3nc2n1/N=C/c1ccccc1O. The van der Waals surface area contributed by atoms with Crippen LogP contribution in [0.25, 0.3) is 22.2 Å². The van der Waals surface area contributed by atoms with E-state index in [2.05, 4.69) is 21.5 Å². The van der Waals surface area contributed by atoms with E-state index in [-0.39, 0.29) is 23.0 Å². The van der Waals surface area contributed by atoms with Crippen molar-refractivity contribution in [2.24, 2.45) is 5.10 Å². The number of aromatic nitrogens is 3. The fourth-order valence-electron chi connectivity index (χ4n) is 4.26. The molecule has 2 aromatic carbocycles. The van der Waals surface area contributed by atoms with Crippen molar-refractivity contribution >= 4 is 40.1 Å². The van der Waals surface area contributed by atoms with E-state index in [4.69, 9.17) is 10.7 Å². The van der Waals surface area contributed by atoms with Crippen molar-refractivity contribution < 1.29 is 9.90 Å². The summed E-state index contributed by atoms with van der Waals surface area (Å²) in [6, 6.07) is 14.3. The number of carbonyl (C=O) groups excluding carboxylic acids is 1. The second-order valence-electron chi connectivity index (χ2n) is 8.37. The van der Waals surface area contributed by atoms with Crippen molar-refractivity contribution in [3.05, 3.63) is 71.3 Å². The molecule has 0 aliphatic heterocycles. The molecule has 0 radical (unpaired) electrons. The van der Waals surface area contributed by atoms with Gasteiger partial charge in [-0.3, -0.25) is 4.79 Å². The van der Waals surface area contributed by atoms with E-state index in [1.165, 1.54) is 29.3 Å². The molecule has 8 heteroatoms. The molecule has 0 fully saturated rings. The van der Waals surface area contributed by atoms with Crippen molar-refractivity contribution in [2.45, 2.75) is 32.1 Å². The molecular weight excluding hydrogens is 428 g/mol. The minimum Gasteiger partial charge on any atom is -0.507 e. The summed E-state index contributed by atoms with van der Waals surface area (Å²) in [5.41, 5.74) is 10.7. The van der Waals surface area contributed by atoms with Crippen LogP contribution in [-0.4, -0.2) is 38.4 Å². The average molecular weight is 455 g/mol. The molecule has 5 rings (SSSR count). The van der Waals surface area contributed by atoms with E-state index in [0.717, 1.165) is 19.3 Å². The number of carbonyl (C=O) groups is 1. The van der Waals surface area contributed by atoms with Crippen LogP contribution in [0.3, 0.4) is 0 Å². The van der Waals surface area contributed by atoms with Crippen LogP contribution < -0.4 is 11.1 Å². The Hall–Kier alpha value is -4.20. The Bertz CT molecular complexity index is 1440. The molecule has 1 aliphatic rings. The van der Waals surface area contributed by atoms with E-state index in [1.54, 1.807) is 24.3 Å².